The van der Waals surface area contributed by atoms with Crippen molar-refractivity contribution >= 4 is 5.91 Å². The van der Waals surface area contributed by atoms with Gasteiger partial charge in [0.15, 0.2) is 0 Å². The zero-order chi connectivity index (χ0) is 15.1. The minimum atomic E-state index is -0.567. The van der Waals surface area contributed by atoms with Crippen LogP contribution >= 0.6 is 0 Å². The lowest BCUT2D eigenvalue weighted by atomic mass is 10.0. The molecule has 0 radical (unpaired) electrons. The summed E-state index contributed by atoms with van der Waals surface area (Å²) in [5.74, 6) is -0.498. The van der Waals surface area contributed by atoms with Gasteiger partial charge in [-0.25, -0.2) is 4.39 Å². The molecule has 0 heterocycles. The lowest BCUT2D eigenvalue weighted by molar-refractivity contribution is -0.123. The van der Waals surface area contributed by atoms with Gasteiger partial charge in [-0.15, -0.1) is 0 Å². The monoisotopic (exact) mass is 282 g/mol. The molecule has 2 atom stereocenters. The number of nitrogens with one attached hydrogen (secondary N) is 1. The highest BCUT2D eigenvalue weighted by Gasteiger charge is 2.16. The number of ether oxygens (including phenoxy) is 1. The Hall–Kier alpha value is -1.46. The molecular formula is C15H23FN2O2. The van der Waals surface area contributed by atoms with Gasteiger partial charge in [0.1, 0.15) is 5.82 Å². The van der Waals surface area contributed by atoms with Crippen molar-refractivity contribution in [1.29, 1.82) is 0 Å². The van der Waals surface area contributed by atoms with Gasteiger partial charge in [0.2, 0.25) is 5.91 Å². The number of rotatable bonds is 7. The lowest BCUT2D eigenvalue weighted by Crippen LogP contribution is -2.41. The van der Waals surface area contributed by atoms with Crippen LogP contribution in [0.4, 0.5) is 4.39 Å². The number of nitrogens with two attached hydrogens (primary N) is 1. The topological polar surface area (TPSA) is 64.3 Å². The van der Waals surface area contributed by atoms with Crippen LogP contribution in [0.5, 0.6) is 0 Å². The van der Waals surface area contributed by atoms with Gasteiger partial charge in [-0.1, -0.05) is 12.1 Å². The third-order valence-electron chi connectivity index (χ3n) is 3.26. The second-order valence-electron chi connectivity index (χ2n) is 4.98. The Kier molecular flexibility index (Phi) is 6.61. The highest BCUT2D eigenvalue weighted by molar-refractivity contribution is 5.81. The van der Waals surface area contributed by atoms with Crippen molar-refractivity contribution in [2.24, 2.45) is 5.73 Å². The summed E-state index contributed by atoms with van der Waals surface area (Å²) >= 11 is 0. The predicted molar refractivity (Wildman–Crippen MR) is 76.8 cm³/mol. The van der Waals surface area contributed by atoms with E-state index in [1.807, 2.05) is 6.92 Å². The van der Waals surface area contributed by atoms with Gasteiger partial charge in [-0.3, -0.25) is 4.79 Å². The second-order valence-corrected chi connectivity index (χ2v) is 4.98. The summed E-state index contributed by atoms with van der Waals surface area (Å²) in [6.07, 6.45) is 1.30. The largest absolute Gasteiger partial charge is 0.385 e. The van der Waals surface area contributed by atoms with Gasteiger partial charge < -0.3 is 15.8 Å². The van der Waals surface area contributed by atoms with Crippen LogP contribution in [0.15, 0.2) is 18.2 Å². The van der Waals surface area contributed by atoms with Crippen LogP contribution < -0.4 is 11.1 Å². The van der Waals surface area contributed by atoms with Crippen molar-refractivity contribution in [2.75, 3.05) is 13.7 Å². The Morgan fingerprint density at radius 3 is 2.80 bits per heavy atom. The lowest BCUT2D eigenvalue weighted by Gasteiger charge is -2.18. The first-order valence-corrected chi connectivity index (χ1v) is 6.76. The standard InChI is InChI=1S/C15H23FN2O2/c1-10-6-7-12(9-13(10)16)11(2)18-15(19)14(17)5-4-8-20-3/h6-7,9,11,14H,4-5,8,17H2,1-3H3,(H,18,19). The summed E-state index contributed by atoms with van der Waals surface area (Å²) in [7, 11) is 1.61. The van der Waals surface area contributed by atoms with Crippen LogP contribution in [0.25, 0.3) is 0 Å². The molecule has 1 aromatic rings. The summed E-state index contributed by atoms with van der Waals surface area (Å²) in [4.78, 5) is 11.9. The average molecular weight is 282 g/mol. The first-order valence-electron chi connectivity index (χ1n) is 6.76. The number of hydrogen-bond donors (Lipinski definition) is 2. The van der Waals surface area contributed by atoms with E-state index in [2.05, 4.69) is 5.32 Å². The Bertz CT molecular complexity index is 451. The van der Waals surface area contributed by atoms with E-state index < -0.39 is 6.04 Å². The van der Waals surface area contributed by atoms with Crippen molar-refractivity contribution in [3.05, 3.63) is 35.1 Å². The molecule has 112 valence electrons. The van der Waals surface area contributed by atoms with E-state index in [4.69, 9.17) is 10.5 Å². The number of aryl methyl sites for hydroxylation is 1. The maximum atomic E-state index is 13.5. The molecule has 0 aliphatic carbocycles. The number of carbonyl (C=O) groups excluding carboxylic acids is 1. The normalized spacial score (nSPS) is 13.8. The zero-order valence-electron chi connectivity index (χ0n) is 12.3. The van der Waals surface area contributed by atoms with Crippen LogP contribution in [-0.4, -0.2) is 25.7 Å². The molecule has 0 saturated carbocycles. The smallest absolute Gasteiger partial charge is 0.237 e. The number of carbonyl (C=O) groups is 1. The predicted octanol–water partition coefficient (Wildman–Crippen LogP) is 2.07. The number of methoxy groups -OCH3 is 1. The molecule has 0 spiro atoms. The molecule has 0 aromatic heterocycles. The van der Waals surface area contributed by atoms with Crippen LogP contribution in [-0.2, 0) is 9.53 Å². The first kappa shape index (κ1) is 16.6. The van der Waals surface area contributed by atoms with Crippen LogP contribution in [0.1, 0.15) is 36.9 Å². The van der Waals surface area contributed by atoms with Crippen molar-refractivity contribution < 1.29 is 13.9 Å². The molecular weight excluding hydrogens is 259 g/mol. The van der Waals surface area contributed by atoms with E-state index in [9.17, 15) is 9.18 Å². The minimum absolute atomic E-state index is 0.227. The third-order valence-corrected chi connectivity index (χ3v) is 3.26. The van der Waals surface area contributed by atoms with Crippen LogP contribution in [0.3, 0.4) is 0 Å². The molecule has 5 heteroatoms. The molecule has 20 heavy (non-hydrogen) atoms. The molecule has 0 aliphatic rings. The molecule has 1 amide bonds. The maximum Gasteiger partial charge on any atom is 0.237 e. The first-order chi connectivity index (χ1) is 9.45. The summed E-state index contributed by atoms with van der Waals surface area (Å²) in [6, 6.07) is 4.11. The average Bonchev–Trinajstić information content (AvgIpc) is 2.41. The van der Waals surface area contributed by atoms with Gasteiger partial charge >= 0.3 is 0 Å². The van der Waals surface area contributed by atoms with Gasteiger partial charge in [0.05, 0.1) is 12.1 Å². The van der Waals surface area contributed by atoms with Crippen molar-refractivity contribution in [1.82, 2.24) is 5.32 Å². The molecule has 2 unspecified atom stereocenters. The minimum Gasteiger partial charge on any atom is -0.385 e. The van der Waals surface area contributed by atoms with E-state index in [-0.39, 0.29) is 17.8 Å². The number of amides is 1. The van der Waals surface area contributed by atoms with E-state index in [1.165, 1.54) is 6.07 Å². The fourth-order valence-corrected chi connectivity index (χ4v) is 1.86. The molecule has 1 aromatic carbocycles. The highest BCUT2D eigenvalue weighted by atomic mass is 19.1. The number of halogens is 1. The molecule has 1 rings (SSSR count). The van der Waals surface area contributed by atoms with Crippen LogP contribution in [0.2, 0.25) is 0 Å². The third kappa shape index (κ3) is 4.90. The summed E-state index contributed by atoms with van der Waals surface area (Å²) in [5.41, 5.74) is 7.11. The summed E-state index contributed by atoms with van der Waals surface area (Å²) in [6.45, 7) is 4.09. The van der Waals surface area contributed by atoms with Gasteiger partial charge in [-0.2, -0.15) is 0 Å². The second kappa shape index (κ2) is 7.97. The van der Waals surface area contributed by atoms with E-state index >= 15 is 0 Å². The summed E-state index contributed by atoms with van der Waals surface area (Å²) < 4.78 is 18.4. The Morgan fingerprint density at radius 2 is 2.20 bits per heavy atom. The Morgan fingerprint density at radius 1 is 1.50 bits per heavy atom. The van der Waals surface area contributed by atoms with E-state index in [0.717, 1.165) is 12.0 Å². The molecule has 0 fully saturated rings. The molecule has 4 nitrogen and oxygen atoms in total. The maximum absolute atomic E-state index is 13.5. The van der Waals surface area contributed by atoms with Crippen molar-refractivity contribution in [3.8, 4) is 0 Å². The van der Waals surface area contributed by atoms with Gasteiger partial charge in [-0.05, 0) is 43.9 Å². The van der Waals surface area contributed by atoms with Gasteiger partial charge in [0.25, 0.3) is 0 Å². The molecule has 3 N–H and O–H groups in total. The Labute approximate surface area is 119 Å². The fourth-order valence-electron chi connectivity index (χ4n) is 1.86. The summed E-state index contributed by atoms with van der Waals surface area (Å²) in [5, 5.41) is 2.80. The van der Waals surface area contributed by atoms with Crippen molar-refractivity contribution in [3.63, 3.8) is 0 Å². The number of hydrogen-bond acceptors (Lipinski definition) is 3. The molecule has 0 aliphatic heterocycles. The van der Waals surface area contributed by atoms with Crippen molar-refractivity contribution in [2.45, 2.75) is 38.8 Å². The van der Waals surface area contributed by atoms with Gasteiger partial charge in [0, 0.05) is 13.7 Å². The Balaban J connectivity index is 2.54. The quantitative estimate of drug-likeness (QED) is 0.752. The van der Waals surface area contributed by atoms with Crippen LogP contribution in [0, 0.1) is 12.7 Å². The number of benzene rings is 1. The highest BCUT2D eigenvalue weighted by Crippen LogP contribution is 2.16. The molecule has 0 bridgehead atoms. The SMILES string of the molecule is COCCCC(N)C(=O)NC(C)c1ccc(C)c(F)c1. The molecule has 0 saturated heterocycles. The van der Waals surface area contributed by atoms with E-state index in [1.54, 1.807) is 26.2 Å². The van der Waals surface area contributed by atoms with E-state index in [0.29, 0.717) is 18.6 Å². The fraction of sp³-hybridized carbons (Fsp3) is 0.533. The zero-order valence-corrected chi connectivity index (χ0v) is 12.3.